The normalized spacial score (nSPS) is 10.5. The third-order valence-electron chi connectivity index (χ3n) is 4.48. The van der Waals surface area contributed by atoms with Gasteiger partial charge < -0.3 is 9.47 Å². The molecule has 0 aliphatic carbocycles. The average Bonchev–Trinajstić information content (AvgIpc) is 2.73. The third-order valence-corrected chi connectivity index (χ3v) is 4.48. The molecule has 2 aromatic carbocycles. The van der Waals surface area contributed by atoms with Crippen LogP contribution in [0.5, 0.6) is 0 Å². The minimum absolute atomic E-state index is 0.146. The monoisotopic (exact) mass is 382 g/mol. The molecule has 0 amide bonds. The van der Waals surface area contributed by atoms with Gasteiger partial charge in [0.1, 0.15) is 13.2 Å². The summed E-state index contributed by atoms with van der Waals surface area (Å²) in [6.45, 7) is 4.70. The standard InChI is InChI=1S/C24H30O4/c1-3-5-10-23(25)27-17-19-12-14-21(15-13-19)22-9-7-8-20(16-22)18-28-24(26)11-6-4-2/h7-9,12-16H,3-6,10-11,17-18H2,1-2H3. The number of ether oxygens (including phenoxy) is 2. The van der Waals surface area contributed by atoms with Crippen LogP contribution < -0.4 is 0 Å². The summed E-state index contributed by atoms with van der Waals surface area (Å²) in [4.78, 5) is 23.3. The number of carbonyl (C=O) groups is 2. The molecule has 0 aliphatic heterocycles. The molecule has 2 rings (SSSR count). The Morgan fingerprint density at radius 1 is 0.714 bits per heavy atom. The molecule has 150 valence electrons. The van der Waals surface area contributed by atoms with E-state index in [0.717, 1.165) is 47.9 Å². The minimum Gasteiger partial charge on any atom is -0.461 e. The van der Waals surface area contributed by atoms with Crippen molar-refractivity contribution in [3.63, 3.8) is 0 Å². The van der Waals surface area contributed by atoms with Gasteiger partial charge in [0, 0.05) is 12.8 Å². The van der Waals surface area contributed by atoms with Gasteiger partial charge in [-0.15, -0.1) is 0 Å². The summed E-state index contributed by atoms with van der Waals surface area (Å²) in [6.07, 6.45) is 4.64. The Hall–Kier alpha value is -2.62. The summed E-state index contributed by atoms with van der Waals surface area (Å²) in [7, 11) is 0. The second-order valence-electron chi connectivity index (χ2n) is 6.93. The van der Waals surface area contributed by atoms with E-state index in [4.69, 9.17) is 9.47 Å². The van der Waals surface area contributed by atoms with Crippen molar-refractivity contribution in [3.8, 4) is 11.1 Å². The van der Waals surface area contributed by atoms with Gasteiger partial charge >= 0.3 is 11.9 Å². The molecule has 28 heavy (non-hydrogen) atoms. The molecule has 0 heterocycles. The van der Waals surface area contributed by atoms with Gasteiger partial charge in [0.05, 0.1) is 0 Å². The minimum atomic E-state index is -0.148. The maximum Gasteiger partial charge on any atom is 0.306 e. The zero-order valence-corrected chi connectivity index (χ0v) is 16.9. The van der Waals surface area contributed by atoms with E-state index in [9.17, 15) is 9.59 Å². The summed E-state index contributed by atoms with van der Waals surface area (Å²) < 4.78 is 10.6. The number of hydrogen-bond donors (Lipinski definition) is 0. The van der Waals surface area contributed by atoms with Crippen molar-refractivity contribution in [2.45, 2.75) is 65.6 Å². The lowest BCUT2D eigenvalue weighted by Gasteiger charge is -2.09. The van der Waals surface area contributed by atoms with Gasteiger partial charge in [-0.2, -0.15) is 0 Å². The van der Waals surface area contributed by atoms with Crippen LogP contribution in [-0.4, -0.2) is 11.9 Å². The van der Waals surface area contributed by atoms with Gasteiger partial charge in [-0.3, -0.25) is 9.59 Å². The molecular formula is C24H30O4. The van der Waals surface area contributed by atoms with Crippen LogP contribution in [0.2, 0.25) is 0 Å². The van der Waals surface area contributed by atoms with Gasteiger partial charge in [-0.25, -0.2) is 0 Å². The maximum atomic E-state index is 11.7. The first-order valence-electron chi connectivity index (χ1n) is 10.1. The van der Waals surface area contributed by atoms with Crippen LogP contribution in [0.4, 0.5) is 0 Å². The number of rotatable bonds is 11. The molecular weight excluding hydrogens is 352 g/mol. The highest BCUT2D eigenvalue weighted by Crippen LogP contribution is 2.22. The van der Waals surface area contributed by atoms with Crippen LogP contribution in [0.15, 0.2) is 48.5 Å². The number of carbonyl (C=O) groups excluding carboxylic acids is 2. The quantitative estimate of drug-likeness (QED) is 0.460. The SMILES string of the molecule is CCCCC(=O)OCc1ccc(-c2cccc(COC(=O)CCCC)c2)cc1. The lowest BCUT2D eigenvalue weighted by molar-refractivity contribution is -0.146. The smallest absolute Gasteiger partial charge is 0.306 e. The van der Waals surface area contributed by atoms with Crippen molar-refractivity contribution in [2.75, 3.05) is 0 Å². The second-order valence-corrected chi connectivity index (χ2v) is 6.93. The first-order valence-corrected chi connectivity index (χ1v) is 10.1. The lowest BCUT2D eigenvalue weighted by Crippen LogP contribution is -2.04. The number of unbranched alkanes of at least 4 members (excludes halogenated alkanes) is 2. The molecule has 0 aromatic heterocycles. The van der Waals surface area contributed by atoms with E-state index in [1.54, 1.807) is 0 Å². The Kier molecular flexibility index (Phi) is 9.26. The summed E-state index contributed by atoms with van der Waals surface area (Å²) in [6, 6.07) is 16.0. The van der Waals surface area contributed by atoms with E-state index >= 15 is 0 Å². The van der Waals surface area contributed by atoms with Crippen molar-refractivity contribution in [3.05, 3.63) is 59.7 Å². The molecule has 0 unspecified atom stereocenters. The predicted molar refractivity (Wildman–Crippen MR) is 111 cm³/mol. The Morgan fingerprint density at radius 2 is 1.29 bits per heavy atom. The fourth-order valence-electron chi connectivity index (χ4n) is 2.75. The average molecular weight is 383 g/mol. The Labute approximate surface area is 167 Å². The van der Waals surface area contributed by atoms with E-state index in [-0.39, 0.29) is 11.9 Å². The van der Waals surface area contributed by atoms with E-state index in [0.29, 0.717) is 26.1 Å². The summed E-state index contributed by atoms with van der Waals surface area (Å²) >= 11 is 0. The molecule has 0 atom stereocenters. The number of hydrogen-bond acceptors (Lipinski definition) is 4. The summed E-state index contributed by atoms with van der Waals surface area (Å²) in [5.41, 5.74) is 4.07. The molecule has 0 N–H and O–H groups in total. The maximum absolute atomic E-state index is 11.7. The van der Waals surface area contributed by atoms with E-state index < -0.39 is 0 Å². The molecule has 0 radical (unpaired) electrons. The van der Waals surface area contributed by atoms with Crippen LogP contribution in [0.25, 0.3) is 11.1 Å². The molecule has 4 heteroatoms. The molecule has 4 nitrogen and oxygen atoms in total. The molecule has 2 aromatic rings. The fraction of sp³-hybridized carbons (Fsp3) is 0.417. The van der Waals surface area contributed by atoms with Crippen LogP contribution in [0.1, 0.15) is 63.5 Å². The van der Waals surface area contributed by atoms with Crippen LogP contribution >= 0.6 is 0 Å². The summed E-state index contributed by atoms with van der Waals surface area (Å²) in [5.74, 6) is -0.294. The largest absolute Gasteiger partial charge is 0.461 e. The Morgan fingerprint density at radius 3 is 1.86 bits per heavy atom. The van der Waals surface area contributed by atoms with Crippen molar-refractivity contribution in [1.82, 2.24) is 0 Å². The Bertz CT molecular complexity index is 749. The van der Waals surface area contributed by atoms with Gasteiger partial charge in [-0.05, 0) is 41.2 Å². The van der Waals surface area contributed by atoms with Gasteiger partial charge in [0.25, 0.3) is 0 Å². The molecule has 0 aliphatic rings. The van der Waals surface area contributed by atoms with E-state index in [1.807, 2.05) is 48.5 Å². The third kappa shape index (κ3) is 7.55. The summed E-state index contributed by atoms with van der Waals surface area (Å²) in [5, 5.41) is 0. The van der Waals surface area contributed by atoms with Crippen molar-refractivity contribution in [2.24, 2.45) is 0 Å². The zero-order valence-electron chi connectivity index (χ0n) is 16.9. The van der Waals surface area contributed by atoms with Gasteiger partial charge in [0.15, 0.2) is 0 Å². The van der Waals surface area contributed by atoms with E-state index in [1.165, 1.54) is 0 Å². The van der Waals surface area contributed by atoms with Crippen LogP contribution in [-0.2, 0) is 32.3 Å². The highest BCUT2D eigenvalue weighted by molar-refractivity contribution is 5.70. The molecule has 0 fully saturated rings. The molecule has 0 saturated heterocycles. The highest BCUT2D eigenvalue weighted by atomic mass is 16.5. The topological polar surface area (TPSA) is 52.6 Å². The molecule has 0 saturated carbocycles. The van der Waals surface area contributed by atoms with Gasteiger partial charge in [-0.1, -0.05) is 69.2 Å². The first-order chi connectivity index (χ1) is 13.6. The van der Waals surface area contributed by atoms with Gasteiger partial charge in [0.2, 0.25) is 0 Å². The number of benzene rings is 2. The van der Waals surface area contributed by atoms with Crippen molar-refractivity contribution in [1.29, 1.82) is 0 Å². The fourth-order valence-corrected chi connectivity index (χ4v) is 2.75. The lowest BCUT2D eigenvalue weighted by atomic mass is 10.0. The first kappa shape index (κ1) is 21.7. The highest BCUT2D eigenvalue weighted by Gasteiger charge is 2.06. The second kappa shape index (κ2) is 12.0. The molecule has 0 bridgehead atoms. The molecule has 0 spiro atoms. The zero-order chi connectivity index (χ0) is 20.2. The van der Waals surface area contributed by atoms with Crippen LogP contribution in [0.3, 0.4) is 0 Å². The van der Waals surface area contributed by atoms with Crippen LogP contribution in [0, 0.1) is 0 Å². The Balaban J connectivity index is 1.90. The van der Waals surface area contributed by atoms with Crippen molar-refractivity contribution >= 4 is 11.9 Å². The number of esters is 2. The van der Waals surface area contributed by atoms with Crippen molar-refractivity contribution < 1.29 is 19.1 Å². The van der Waals surface area contributed by atoms with E-state index in [2.05, 4.69) is 13.8 Å². The predicted octanol–water partition coefficient (Wildman–Crippen LogP) is 5.82.